The summed E-state index contributed by atoms with van der Waals surface area (Å²) >= 11 is 0. The number of rotatable bonds is 7. The third-order valence-corrected chi connectivity index (χ3v) is 6.64. The third-order valence-electron chi connectivity index (χ3n) is 4.94. The molecule has 2 aromatic heterocycles. The molecule has 0 radical (unpaired) electrons. The number of ether oxygens (including phenoxy) is 1. The van der Waals surface area contributed by atoms with Crippen molar-refractivity contribution in [3.05, 3.63) is 18.5 Å². The van der Waals surface area contributed by atoms with E-state index in [0.717, 1.165) is 30.7 Å². The quantitative estimate of drug-likeness (QED) is 0.607. The number of aromatic nitrogens is 3. The summed E-state index contributed by atoms with van der Waals surface area (Å²) in [5, 5.41) is 8.91. The molecule has 0 aliphatic carbocycles. The molecular formula is C18H31N5OSi. The van der Waals surface area contributed by atoms with Gasteiger partial charge in [-0.2, -0.15) is 5.10 Å². The van der Waals surface area contributed by atoms with Crippen LogP contribution in [-0.4, -0.2) is 55.6 Å². The van der Waals surface area contributed by atoms with Gasteiger partial charge in [0.05, 0.1) is 18.1 Å². The van der Waals surface area contributed by atoms with Crippen molar-refractivity contribution in [1.82, 2.24) is 20.1 Å². The molecule has 25 heavy (non-hydrogen) atoms. The summed E-state index contributed by atoms with van der Waals surface area (Å²) in [6.45, 7) is 10.5. The lowest BCUT2D eigenvalue weighted by Crippen LogP contribution is -2.41. The van der Waals surface area contributed by atoms with Gasteiger partial charge in [0, 0.05) is 39.2 Å². The smallest absolute Gasteiger partial charge is 0.160 e. The zero-order valence-electron chi connectivity index (χ0n) is 16.0. The van der Waals surface area contributed by atoms with Crippen molar-refractivity contribution in [1.29, 1.82) is 0 Å². The molecule has 0 unspecified atom stereocenters. The van der Waals surface area contributed by atoms with Crippen molar-refractivity contribution in [2.24, 2.45) is 0 Å². The summed E-state index contributed by atoms with van der Waals surface area (Å²) in [5.41, 5.74) is 2.10. The van der Waals surface area contributed by atoms with E-state index in [1.807, 2.05) is 24.1 Å². The molecule has 3 rings (SSSR count). The molecular weight excluding hydrogens is 330 g/mol. The van der Waals surface area contributed by atoms with Crippen LogP contribution in [0.1, 0.15) is 12.8 Å². The van der Waals surface area contributed by atoms with Gasteiger partial charge in [0.15, 0.2) is 5.65 Å². The molecule has 1 aliphatic heterocycles. The first-order chi connectivity index (χ1) is 12.0. The first-order valence-corrected chi connectivity index (χ1v) is 13.0. The second-order valence-corrected chi connectivity index (χ2v) is 13.8. The maximum Gasteiger partial charge on any atom is 0.160 e. The number of piperidine rings is 1. The van der Waals surface area contributed by atoms with Crippen LogP contribution >= 0.6 is 0 Å². The fourth-order valence-electron chi connectivity index (χ4n) is 3.18. The third kappa shape index (κ3) is 4.80. The van der Waals surface area contributed by atoms with Gasteiger partial charge < -0.3 is 15.0 Å². The summed E-state index contributed by atoms with van der Waals surface area (Å²) in [4.78, 5) is 7.07. The Hall–Kier alpha value is -1.44. The molecule has 1 N–H and O–H groups in total. The van der Waals surface area contributed by atoms with Crippen LogP contribution in [0.4, 0.5) is 5.69 Å². The van der Waals surface area contributed by atoms with E-state index in [-0.39, 0.29) is 0 Å². The van der Waals surface area contributed by atoms with Crippen molar-refractivity contribution in [3.63, 3.8) is 0 Å². The van der Waals surface area contributed by atoms with E-state index in [0.29, 0.717) is 12.8 Å². The number of pyridine rings is 1. The predicted octanol–water partition coefficient (Wildman–Crippen LogP) is 2.93. The van der Waals surface area contributed by atoms with Crippen LogP contribution in [0, 0.1) is 0 Å². The molecule has 2 aromatic rings. The SMILES string of the molecule is CNC1CCN(c2cnc3c(cnn3COCC[Si](C)(C)C)c2)CC1. The van der Waals surface area contributed by atoms with Gasteiger partial charge in [-0.1, -0.05) is 19.6 Å². The molecule has 7 heteroatoms. The molecule has 3 heterocycles. The number of nitrogens with one attached hydrogen (secondary N) is 1. The van der Waals surface area contributed by atoms with Gasteiger partial charge in [0.2, 0.25) is 0 Å². The van der Waals surface area contributed by atoms with Crippen LogP contribution in [0.3, 0.4) is 0 Å². The topological polar surface area (TPSA) is 55.2 Å². The molecule has 1 fully saturated rings. The Morgan fingerprint density at radius 2 is 2.00 bits per heavy atom. The van der Waals surface area contributed by atoms with Crippen molar-refractivity contribution >= 4 is 24.8 Å². The molecule has 0 amide bonds. The number of hydrogen-bond acceptors (Lipinski definition) is 5. The van der Waals surface area contributed by atoms with E-state index in [1.54, 1.807) is 0 Å². The van der Waals surface area contributed by atoms with Crippen LogP contribution < -0.4 is 10.2 Å². The Labute approximate surface area is 151 Å². The molecule has 0 aromatic carbocycles. The van der Waals surface area contributed by atoms with Gasteiger partial charge >= 0.3 is 0 Å². The van der Waals surface area contributed by atoms with Crippen molar-refractivity contribution in [3.8, 4) is 0 Å². The average molecular weight is 362 g/mol. The highest BCUT2D eigenvalue weighted by Gasteiger charge is 2.19. The second-order valence-electron chi connectivity index (χ2n) is 8.15. The zero-order chi connectivity index (χ0) is 17.9. The van der Waals surface area contributed by atoms with E-state index in [4.69, 9.17) is 4.74 Å². The Bertz CT molecular complexity index is 688. The minimum Gasteiger partial charge on any atom is -0.370 e. The predicted molar refractivity (Wildman–Crippen MR) is 106 cm³/mol. The maximum atomic E-state index is 5.81. The number of fused-ring (bicyclic) bond motifs is 1. The number of hydrogen-bond donors (Lipinski definition) is 1. The lowest BCUT2D eigenvalue weighted by atomic mass is 10.0. The highest BCUT2D eigenvalue weighted by atomic mass is 28.3. The van der Waals surface area contributed by atoms with E-state index in [9.17, 15) is 0 Å². The minimum absolute atomic E-state index is 0.480. The summed E-state index contributed by atoms with van der Waals surface area (Å²) < 4.78 is 7.67. The van der Waals surface area contributed by atoms with Crippen molar-refractivity contribution < 1.29 is 4.74 Å². The lowest BCUT2D eigenvalue weighted by molar-refractivity contribution is 0.0813. The van der Waals surface area contributed by atoms with E-state index in [2.05, 4.69) is 46.0 Å². The van der Waals surface area contributed by atoms with Gasteiger partial charge in [-0.25, -0.2) is 9.67 Å². The Balaban J connectivity index is 1.61. The highest BCUT2D eigenvalue weighted by molar-refractivity contribution is 6.76. The van der Waals surface area contributed by atoms with Gasteiger partial charge in [0.1, 0.15) is 6.73 Å². The first-order valence-electron chi connectivity index (χ1n) is 9.28. The van der Waals surface area contributed by atoms with Gasteiger partial charge in [0.25, 0.3) is 0 Å². The van der Waals surface area contributed by atoms with Crippen molar-refractivity contribution in [2.45, 2.75) is 51.3 Å². The van der Waals surface area contributed by atoms with Crippen molar-refractivity contribution in [2.75, 3.05) is 31.6 Å². The molecule has 138 valence electrons. The average Bonchev–Trinajstić information content (AvgIpc) is 3.00. The van der Waals surface area contributed by atoms with E-state index < -0.39 is 8.07 Å². The van der Waals surface area contributed by atoms with Gasteiger partial charge in [-0.3, -0.25) is 0 Å². The van der Waals surface area contributed by atoms with Gasteiger partial charge in [-0.15, -0.1) is 0 Å². The van der Waals surface area contributed by atoms with E-state index >= 15 is 0 Å². The van der Waals surface area contributed by atoms with Crippen LogP contribution in [0.2, 0.25) is 25.7 Å². The standard InChI is InChI=1S/C18H31N5OSi/c1-19-16-5-7-22(8-6-16)17-11-15-12-21-23(18(15)20-13-17)14-24-9-10-25(2,3)4/h11-13,16,19H,5-10,14H2,1-4H3. The molecule has 0 spiro atoms. The fourth-order valence-corrected chi connectivity index (χ4v) is 3.94. The van der Waals surface area contributed by atoms with Crippen LogP contribution in [-0.2, 0) is 11.5 Å². The van der Waals surface area contributed by atoms with Crippen LogP contribution in [0.25, 0.3) is 11.0 Å². The summed E-state index contributed by atoms with van der Waals surface area (Å²) in [6, 6.07) is 4.02. The molecule has 0 saturated carbocycles. The lowest BCUT2D eigenvalue weighted by Gasteiger charge is -2.33. The highest BCUT2D eigenvalue weighted by Crippen LogP contribution is 2.23. The minimum atomic E-state index is -1.05. The molecule has 1 aliphatic rings. The summed E-state index contributed by atoms with van der Waals surface area (Å²) in [5.74, 6) is 0. The molecule has 1 saturated heterocycles. The normalized spacial score (nSPS) is 16.7. The van der Waals surface area contributed by atoms with E-state index in [1.165, 1.54) is 24.6 Å². The number of anilines is 1. The number of nitrogens with zero attached hydrogens (tertiary/aromatic N) is 4. The van der Waals surface area contributed by atoms with Crippen LogP contribution in [0.5, 0.6) is 0 Å². The summed E-state index contributed by atoms with van der Waals surface area (Å²) in [6.07, 6.45) is 6.23. The first kappa shape index (κ1) is 18.4. The monoisotopic (exact) mass is 361 g/mol. The second kappa shape index (κ2) is 7.84. The Morgan fingerprint density at radius 3 is 2.68 bits per heavy atom. The Morgan fingerprint density at radius 1 is 1.24 bits per heavy atom. The van der Waals surface area contributed by atoms with Crippen LogP contribution in [0.15, 0.2) is 18.5 Å². The largest absolute Gasteiger partial charge is 0.370 e. The zero-order valence-corrected chi connectivity index (χ0v) is 17.0. The molecule has 0 bridgehead atoms. The Kier molecular flexibility index (Phi) is 5.76. The molecule has 6 nitrogen and oxygen atoms in total. The molecule has 0 atom stereocenters. The fraction of sp³-hybridized carbons (Fsp3) is 0.667. The maximum absolute atomic E-state index is 5.81. The summed E-state index contributed by atoms with van der Waals surface area (Å²) in [7, 11) is 1.00. The van der Waals surface area contributed by atoms with Gasteiger partial charge in [-0.05, 0) is 32.0 Å².